The zero-order valence-electron chi connectivity index (χ0n) is 17.8. The van der Waals surface area contributed by atoms with Crippen LogP contribution in [0.25, 0.3) is 0 Å². The van der Waals surface area contributed by atoms with E-state index in [4.69, 9.17) is 9.47 Å². The van der Waals surface area contributed by atoms with Crippen LogP contribution in [-0.2, 0) is 4.79 Å². The van der Waals surface area contributed by atoms with Gasteiger partial charge in [-0.1, -0.05) is 18.2 Å². The lowest BCUT2D eigenvalue weighted by Gasteiger charge is -2.36. The molecule has 2 aromatic carbocycles. The van der Waals surface area contributed by atoms with E-state index in [9.17, 15) is 4.79 Å². The van der Waals surface area contributed by atoms with E-state index in [0.29, 0.717) is 6.54 Å². The highest BCUT2D eigenvalue weighted by Gasteiger charge is 2.21. The first-order valence-corrected chi connectivity index (χ1v) is 10.1. The molecular formula is C23H31N3O3. The van der Waals surface area contributed by atoms with E-state index in [-0.39, 0.29) is 11.9 Å². The minimum atomic E-state index is -0.166. The number of anilines is 1. The number of para-hydroxylation sites is 1. The summed E-state index contributed by atoms with van der Waals surface area (Å²) in [5.41, 5.74) is 3.49. The molecule has 2 aromatic rings. The summed E-state index contributed by atoms with van der Waals surface area (Å²) in [5, 5.41) is 3.09. The summed E-state index contributed by atoms with van der Waals surface area (Å²) in [6.45, 7) is 8.11. The number of nitrogens with one attached hydrogen (secondary N) is 1. The Kier molecular flexibility index (Phi) is 6.99. The highest BCUT2D eigenvalue weighted by molar-refractivity contribution is 5.78. The molecule has 3 rings (SSSR count). The van der Waals surface area contributed by atoms with Crippen LogP contribution in [0.4, 0.5) is 5.69 Å². The van der Waals surface area contributed by atoms with E-state index < -0.39 is 0 Å². The summed E-state index contributed by atoms with van der Waals surface area (Å²) in [5.74, 6) is 1.51. The number of aryl methyl sites for hydroxylation is 1. The van der Waals surface area contributed by atoms with E-state index in [1.807, 2.05) is 25.1 Å². The van der Waals surface area contributed by atoms with Crippen molar-refractivity contribution >= 4 is 11.6 Å². The summed E-state index contributed by atoms with van der Waals surface area (Å²) in [7, 11) is 3.26. The molecule has 1 N–H and O–H groups in total. The molecular weight excluding hydrogens is 366 g/mol. The molecule has 1 fully saturated rings. The van der Waals surface area contributed by atoms with Crippen LogP contribution in [-0.4, -0.2) is 57.8 Å². The van der Waals surface area contributed by atoms with Crippen molar-refractivity contribution in [2.24, 2.45) is 0 Å². The first-order valence-electron chi connectivity index (χ1n) is 10.1. The lowest BCUT2D eigenvalue weighted by molar-refractivity contribution is -0.123. The van der Waals surface area contributed by atoms with Gasteiger partial charge in [-0.05, 0) is 43.7 Å². The third-order valence-electron chi connectivity index (χ3n) is 5.48. The molecule has 29 heavy (non-hydrogen) atoms. The van der Waals surface area contributed by atoms with Gasteiger partial charge in [0.25, 0.3) is 0 Å². The van der Waals surface area contributed by atoms with Crippen molar-refractivity contribution in [1.82, 2.24) is 10.2 Å². The van der Waals surface area contributed by atoms with Crippen LogP contribution < -0.4 is 19.7 Å². The van der Waals surface area contributed by atoms with Gasteiger partial charge in [0.15, 0.2) is 0 Å². The Hall–Kier alpha value is -2.73. The molecule has 0 unspecified atom stereocenters. The van der Waals surface area contributed by atoms with Crippen molar-refractivity contribution in [3.05, 3.63) is 53.6 Å². The number of nitrogens with zero attached hydrogens (tertiary/aromatic N) is 2. The fourth-order valence-corrected chi connectivity index (χ4v) is 3.81. The Labute approximate surface area is 173 Å². The third-order valence-corrected chi connectivity index (χ3v) is 5.48. The van der Waals surface area contributed by atoms with Crippen molar-refractivity contribution in [3.8, 4) is 11.5 Å². The van der Waals surface area contributed by atoms with Gasteiger partial charge in [0.05, 0.1) is 26.8 Å². The van der Waals surface area contributed by atoms with Crippen LogP contribution in [0.15, 0.2) is 42.5 Å². The summed E-state index contributed by atoms with van der Waals surface area (Å²) < 4.78 is 10.7. The van der Waals surface area contributed by atoms with Gasteiger partial charge in [-0.15, -0.1) is 0 Å². The van der Waals surface area contributed by atoms with E-state index in [0.717, 1.165) is 43.2 Å². The first kappa shape index (κ1) is 21.0. The molecule has 0 radical (unpaired) electrons. The molecule has 6 nitrogen and oxygen atoms in total. The number of carbonyl (C=O) groups excluding carboxylic acids is 1. The lowest BCUT2D eigenvalue weighted by atomic mass is 10.1. The predicted molar refractivity (Wildman–Crippen MR) is 116 cm³/mol. The summed E-state index contributed by atoms with van der Waals surface area (Å²) in [6.07, 6.45) is 0. The van der Waals surface area contributed by atoms with Crippen molar-refractivity contribution in [2.75, 3.05) is 51.8 Å². The maximum absolute atomic E-state index is 12.6. The normalized spacial score (nSPS) is 15.7. The van der Waals surface area contributed by atoms with E-state index >= 15 is 0 Å². The largest absolute Gasteiger partial charge is 0.497 e. The number of ether oxygens (including phenoxy) is 2. The van der Waals surface area contributed by atoms with Crippen LogP contribution in [0.1, 0.15) is 24.1 Å². The van der Waals surface area contributed by atoms with Gasteiger partial charge in [-0.3, -0.25) is 9.69 Å². The quantitative estimate of drug-likeness (QED) is 0.778. The van der Waals surface area contributed by atoms with Crippen LogP contribution in [0.3, 0.4) is 0 Å². The van der Waals surface area contributed by atoms with Gasteiger partial charge in [-0.25, -0.2) is 0 Å². The minimum Gasteiger partial charge on any atom is -0.497 e. The zero-order chi connectivity index (χ0) is 20.8. The highest BCUT2D eigenvalue weighted by Crippen LogP contribution is 2.29. The second-order valence-electron chi connectivity index (χ2n) is 7.45. The smallest absolute Gasteiger partial charge is 0.234 e. The van der Waals surface area contributed by atoms with E-state index in [1.54, 1.807) is 14.2 Å². The molecule has 0 bridgehead atoms. The molecule has 0 spiro atoms. The molecule has 0 saturated carbocycles. The summed E-state index contributed by atoms with van der Waals surface area (Å²) in [6, 6.07) is 13.9. The number of carbonyl (C=O) groups is 1. The second kappa shape index (κ2) is 9.65. The third kappa shape index (κ3) is 5.21. The SMILES string of the molecule is COc1ccc(OC)c([C@@H](C)NC(=O)CN2CCN(c3ccccc3C)CC2)c1. The average Bonchev–Trinajstić information content (AvgIpc) is 2.74. The van der Waals surface area contributed by atoms with Crippen molar-refractivity contribution in [2.45, 2.75) is 19.9 Å². The number of rotatable bonds is 7. The maximum Gasteiger partial charge on any atom is 0.234 e. The Balaban J connectivity index is 1.53. The van der Waals surface area contributed by atoms with Crippen molar-refractivity contribution in [3.63, 3.8) is 0 Å². The molecule has 6 heteroatoms. The molecule has 0 aliphatic carbocycles. The van der Waals surface area contributed by atoms with Crippen molar-refractivity contribution in [1.29, 1.82) is 0 Å². The fraction of sp³-hybridized carbons (Fsp3) is 0.435. The number of piperazine rings is 1. The van der Waals surface area contributed by atoms with Crippen LogP contribution in [0.2, 0.25) is 0 Å². The maximum atomic E-state index is 12.6. The molecule has 1 atom stereocenters. The highest BCUT2D eigenvalue weighted by atomic mass is 16.5. The molecule has 156 valence electrons. The topological polar surface area (TPSA) is 54.0 Å². The Morgan fingerprint density at radius 1 is 1.07 bits per heavy atom. The molecule has 1 saturated heterocycles. The van der Waals surface area contributed by atoms with E-state index in [1.165, 1.54) is 11.3 Å². The molecule has 1 amide bonds. The minimum absolute atomic E-state index is 0.0201. The first-order chi connectivity index (χ1) is 14.0. The van der Waals surface area contributed by atoms with Crippen LogP contribution in [0, 0.1) is 6.92 Å². The zero-order valence-corrected chi connectivity index (χ0v) is 17.8. The molecule has 1 aliphatic heterocycles. The number of hydrogen-bond acceptors (Lipinski definition) is 5. The molecule has 0 aromatic heterocycles. The summed E-state index contributed by atoms with van der Waals surface area (Å²) in [4.78, 5) is 17.2. The van der Waals surface area contributed by atoms with Gasteiger partial charge in [0.2, 0.25) is 5.91 Å². The number of benzene rings is 2. The second-order valence-corrected chi connectivity index (χ2v) is 7.45. The van der Waals surface area contributed by atoms with Gasteiger partial charge in [0, 0.05) is 37.4 Å². The van der Waals surface area contributed by atoms with Crippen LogP contribution in [0.5, 0.6) is 11.5 Å². The van der Waals surface area contributed by atoms with Crippen molar-refractivity contribution < 1.29 is 14.3 Å². The van der Waals surface area contributed by atoms with Gasteiger partial charge in [0.1, 0.15) is 11.5 Å². The average molecular weight is 398 g/mol. The number of methoxy groups -OCH3 is 2. The standard InChI is InChI=1S/C23H31N3O3/c1-17-7-5-6-8-21(17)26-13-11-25(12-14-26)16-23(27)24-18(2)20-15-19(28-3)9-10-22(20)29-4/h5-10,15,18H,11-14,16H2,1-4H3,(H,24,27)/t18-/m1/s1. The predicted octanol–water partition coefficient (Wildman–Crippen LogP) is 3.01. The summed E-state index contributed by atoms with van der Waals surface area (Å²) >= 11 is 0. The Bertz CT molecular complexity index is 832. The fourth-order valence-electron chi connectivity index (χ4n) is 3.81. The van der Waals surface area contributed by atoms with E-state index in [2.05, 4.69) is 46.3 Å². The monoisotopic (exact) mass is 397 g/mol. The lowest BCUT2D eigenvalue weighted by Crippen LogP contribution is -2.49. The Morgan fingerprint density at radius 2 is 1.79 bits per heavy atom. The van der Waals surface area contributed by atoms with Gasteiger partial charge >= 0.3 is 0 Å². The van der Waals surface area contributed by atoms with Gasteiger partial charge < -0.3 is 19.7 Å². The van der Waals surface area contributed by atoms with Gasteiger partial charge in [-0.2, -0.15) is 0 Å². The molecule has 1 heterocycles. The molecule has 1 aliphatic rings. The number of amides is 1. The van der Waals surface area contributed by atoms with Crippen LogP contribution >= 0.6 is 0 Å². The Morgan fingerprint density at radius 3 is 2.45 bits per heavy atom. The number of hydrogen-bond donors (Lipinski definition) is 1.